The van der Waals surface area contributed by atoms with Crippen molar-refractivity contribution in [2.75, 3.05) is 7.05 Å². The van der Waals surface area contributed by atoms with Crippen LogP contribution in [0.2, 0.25) is 0 Å². The lowest BCUT2D eigenvalue weighted by Crippen LogP contribution is -2.31. The highest BCUT2D eigenvalue weighted by Gasteiger charge is 2.10. The lowest BCUT2D eigenvalue weighted by Gasteiger charge is -2.19. The Hall–Kier alpha value is -0.380. The van der Waals surface area contributed by atoms with Gasteiger partial charge in [0.15, 0.2) is 0 Å². The molecule has 3 nitrogen and oxygen atoms in total. The molecule has 1 rings (SSSR count). The van der Waals surface area contributed by atoms with Gasteiger partial charge in [0.1, 0.15) is 0 Å². The molecule has 0 aromatic rings. The van der Waals surface area contributed by atoms with Gasteiger partial charge in [-0.3, -0.25) is 5.32 Å². The average molecular weight is 185 g/mol. The summed E-state index contributed by atoms with van der Waals surface area (Å²) in [6.07, 6.45) is 9.30. The molecule has 0 amide bonds. The minimum Gasteiger partial charge on any atom is -0.356 e. The number of hydrogen-bond donors (Lipinski definition) is 2. The van der Waals surface area contributed by atoms with E-state index in [-0.39, 0.29) is 6.10 Å². The largest absolute Gasteiger partial charge is 0.356 e. The van der Waals surface area contributed by atoms with Crippen molar-refractivity contribution >= 4 is 0 Å². The fraction of sp³-hybridized carbons (Fsp3) is 0.800. The van der Waals surface area contributed by atoms with E-state index in [0.717, 1.165) is 12.8 Å². The Morgan fingerprint density at radius 3 is 3.08 bits per heavy atom. The summed E-state index contributed by atoms with van der Waals surface area (Å²) in [5, 5.41) is 11.9. The monoisotopic (exact) mass is 185 g/mol. The van der Waals surface area contributed by atoms with Crippen LogP contribution >= 0.6 is 0 Å². The summed E-state index contributed by atoms with van der Waals surface area (Å²) in [6, 6.07) is 0. The van der Waals surface area contributed by atoms with E-state index < -0.39 is 6.41 Å². The predicted octanol–water partition coefficient (Wildman–Crippen LogP) is 1.39. The minimum atomic E-state index is -0.839. The molecule has 0 spiro atoms. The van der Waals surface area contributed by atoms with E-state index in [1.807, 2.05) is 0 Å². The van der Waals surface area contributed by atoms with Crippen LogP contribution in [0.4, 0.5) is 0 Å². The summed E-state index contributed by atoms with van der Waals surface area (Å²) in [5.74, 6) is 0. The van der Waals surface area contributed by atoms with Crippen LogP contribution in [0.5, 0.6) is 0 Å². The van der Waals surface area contributed by atoms with Crippen LogP contribution < -0.4 is 5.32 Å². The summed E-state index contributed by atoms with van der Waals surface area (Å²) in [4.78, 5) is 0. The summed E-state index contributed by atoms with van der Waals surface area (Å²) >= 11 is 0. The van der Waals surface area contributed by atoms with Crippen molar-refractivity contribution in [1.29, 1.82) is 0 Å². The molecule has 76 valence electrons. The first-order valence-electron chi connectivity index (χ1n) is 5.00. The first-order valence-corrected chi connectivity index (χ1v) is 5.00. The molecular weight excluding hydrogens is 166 g/mol. The molecule has 2 N–H and O–H groups in total. The van der Waals surface area contributed by atoms with Gasteiger partial charge in [0.2, 0.25) is 6.41 Å². The molecular formula is C10H19NO2. The van der Waals surface area contributed by atoms with Crippen LogP contribution in [0, 0.1) is 0 Å². The van der Waals surface area contributed by atoms with Crippen molar-refractivity contribution in [2.45, 2.75) is 44.6 Å². The third-order valence-electron chi connectivity index (χ3n) is 2.26. The molecule has 1 aliphatic carbocycles. The van der Waals surface area contributed by atoms with E-state index >= 15 is 0 Å². The molecule has 2 unspecified atom stereocenters. The predicted molar refractivity (Wildman–Crippen MR) is 52.2 cm³/mol. The zero-order chi connectivity index (χ0) is 9.52. The van der Waals surface area contributed by atoms with Crippen LogP contribution in [-0.2, 0) is 4.74 Å². The van der Waals surface area contributed by atoms with Gasteiger partial charge in [-0.2, -0.15) is 0 Å². The molecule has 1 aliphatic rings. The SMILES string of the molecule is CNC(O)OC1C=CCCCCC1. The first kappa shape index (κ1) is 10.7. The second-order valence-corrected chi connectivity index (χ2v) is 3.38. The Bertz CT molecular complexity index is 159. The van der Waals surface area contributed by atoms with Crippen molar-refractivity contribution in [3.63, 3.8) is 0 Å². The lowest BCUT2D eigenvalue weighted by molar-refractivity contribution is -0.139. The number of aliphatic hydroxyl groups excluding tert-OH is 1. The molecule has 0 aromatic carbocycles. The molecule has 0 radical (unpaired) electrons. The summed E-state index contributed by atoms with van der Waals surface area (Å²) in [5.41, 5.74) is 0. The van der Waals surface area contributed by atoms with Crippen LogP contribution in [0.15, 0.2) is 12.2 Å². The number of rotatable bonds is 3. The second kappa shape index (κ2) is 6.13. The maximum Gasteiger partial charge on any atom is 0.213 e. The average Bonchev–Trinajstić information content (AvgIpc) is 2.09. The van der Waals surface area contributed by atoms with E-state index in [0.29, 0.717) is 0 Å². The van der Waals surface area contributed by atoms with Gasteiger partial charge in [-0.25, -0.2) is 0 Å². The van der Waals surface area contributed by atoms with Gasteiger partial charge in [0.25, 0.3) is 0 Å². The fourth-order valence-electron chi connectivity index (χ4n) is 1.48. The Labute approximate surface area is 79.8 Å². The van der Waals surface area contributed by atoms with Crippen LogP contribution in [-0.4, -0.2) is 24.7 Å². The number of hydrogen-bond acceptors (Lipinski definition) is 3. The molecule has 0 aromatic heterocycles. The molecule has 0 fully saturated rings. The molecule has 2 atom stereocenters. The molecule has 0 saturated carbocycles. The summed E-state index contributed by atoms with van der Waals surface area (Å²) in [6.45, 7) is 0. The number of allylic oxidation sites excluding steroid dienone is 1. The van der Waals surface area contributed by atoms with Crippen LogP contribution in [0.3, 0.4) is 0 Å². The van der Waals surface area contributed by atoms with Crippen molar-refractivity contribution < 1.29 is 9.84 Å². The Morgan fingerprint density at radius 2 is 2.31 bits per heavy atom. The van der Waals surface area contributed by atoms with Gasteiger partial charge in [-0.15, -0.1) is 0 Å². The van der Waals surface area contributed by atoms with E-state index in [4.69, 9.17) is 4.74 Å². The van der Waals surface area contributed by atoms with Crippen LogP contribution in [0.25, 0.3) is 0 Å². The fourth-order valence-corrected chi connectivity index (χ4v) is 1.48. The molecule has 0 heterocycles. The van der Waals surface area contributed by atoms with Gasteiger partial charge in [0, 0.05) is 0 Å². The number of nitrogens with one attached hydrogen (secondary N) is 1. The molecule has 0 bridgehead atoms. The van der Waals surface area contributed by atoms with E-state index in [9.17, 15) is 5.11 Å². The van der Waals surface area contributed by atoms with E-state index in [1.54, 1.807) is 7.05 Å². The van der Waals surface area contributed by atoms with Gasteiger partial charge in [-0.1, -0.05) is 25.0 Å². The van der Waals surface area contributed by atoms with Crippen molar-refractivity contribution in [1.82, 2.24) is 5.32 Å². The lowest BCUT2D eigenvalue weighted by atomic mass is 10.0. The third kappa shape index (κ3) is 4.41. The highest BCUT2D eigenvalue weighted by molar-refractivity contribution is 4.91. The number of ether oxygens (including phenoxy) is 1. The van der Waals surface area contributed by atoms with Crippen LogP contribution in [0.1, 0.15) is 32.1 Å². The summed E-state index contributed by atoms with van der Waals surface area (Å²) < 4.78 is 5.33. The molecule has 0 aliphatic heterocycles. The zero-order valence-corrected chi connectivity index (χ0v) is 8.20. The van der Waals surface area contributed by atoms with Gasteiger partial charge >= 0.3 is 0 Å². The van der Waals surface area contributed by atoms with Crippen molar-refractivity contribution in [3.05, 3.63) is 12.2 Å². The van der Waals surface area contributed by atoms with Crippen molar-refractivity contribution in [3.8, 4) is 0 Å². The topological polar surface area (TPSA) is 41.5 Å². The Morgan fingerprint density at radius 1 is 1.46 bits per heavy atom. The Kier molecular flexibility index (Phi) is 5.05. The quantitative estimate of drug-likeness (QED) is 0.515. The van der Waals surface area contributed by atoms with Gasteiger partial charge < -0.3 is 9.84 Å². The minimum absolute atomic E-state index is 0.0720. The smallest absolute Gasteiger partial charge is 0.213 e. The molecule has 0 saturated heterocycles. The molecule has 13 heavy (non-hydrogen) atoms. The highest BCUT2D eigenvalue weighted by atomic mass is 16.6. The highest BCUT2D eigenvalue weighted by Crippen LogP contribution is 2.14. The van der Waals surface area contributed by atoms with E-state index in [1.165, 1.54) is 19.3 Å². The summed E-state index contributed by atoms with van der Waals surface area (Å²) in [7, 11) is 1.68. The van der Waals surface area contributed by atoms with Gasteiger partial charge in [-0.05, 0) is 26.3 Å². The first-order chi connectivity index (χ1) is 6.33. The standard InChI is InChI=1S/C10H19NO2/c1-11-10(12)13-9-7-5-3-2-4-6-8-9/h5,7,9-12H,2-4,6,8H2,1H3. The second-order valence-electron chi connectivity index (χ2n) is 3.38. The van der Waals surface area contributed by atoms with E-state index in [2.05, 4.69) is 17.5 Å². The normalized spacial score (nSPS) is 26.5. The number of aliphatic hydroxyl groups is 1. The zero-order valence-electron chi connectivity index (χ0n) is 8.20. The maximum absolute atomic E-state index is 9.21. The van der Waals surface area contributed by atoms with Crippen molar-refractivity contribution in [2.24, 2.45) is 0 Å². The molecule has 3 heteroatoms. The maximum atomic E-state index is 9.21. The van der Waals surface area contributed by atoms with Gasteiger partial charge in [0.05, 0.1) is 6.10 Å². The third-order valence-corrected chi connectivity index (χ3v) is 2.26. The Balaban J connectivity index is 2.32.